The average molecular weight is 321 g/mol. The molecule has 0 aliphatic carbocycles. The van der Waals surface area contributed by atoms with Crippen LogP contribution >= 0.6 is 11.6 Å². The van der Waals surface area contributed by atoms with Crippen LogP contribution in [0, 0.1) is 6.92 Å². The van der Waals surface area contributed by atoms with Crippen molar-refractivity contribution in [3.63, 3.8) is 0 Å². The van der Waals surface area contributed by atoms with E-state index in [1.165, 1.54) is 4.68 Å². The zero-order chi connectivity index (χ0) is 16.4. The summed E-state index contributed by atoms with van der Waals surface area (Å²) in [6.45, 7) is 3.16. The minimum Gasteiger partial charge on any atom is -0.476 e. The fourth-order valence-electron chi connectivity index (χ4n) is 2.09. The van der Waals surface area contributed by atoms with Crippen LogP contribution in [0.3, 0.4) is 0 Å². The number of carboxylic acid groups (broad SMARTS) is 1. The minimum absolute atomic E-state index is 0.0970. The molecule has 0 saturated carbocycles. The summed E-state index contributed by atoms with van der Waals surface area (Å²) >= 11 is 5.82. The van der Waals surface area contributed by atoms with Gasteiger partial charge in [-0.3, -0.25) is 9.59 Å². The normalized spacial score (nSPS) is 10.5. The van der Waals surface area contributed by atoms with Gasteiger partial charge in [0.15, 0.2) is 5.78 Å². The monoisotopic (exact) mass is 320 g/mol. The van der Waals surface area contributed by atoms with Gasteiger partial charge >= 0.3 is 5.97 Å². The average Bonchev–Trinajstić information content (AvgIpc) is 2.48. The second-order valence-corrected chi connectivity index (χ2v) is 5.04. The van der Waals surface area contributed by atoms with Crippen molar-refractivity contribution in [2.45, 2.75) is 20.3 Å². The number of rotatable bonds is 4. The standard InChI is InChI=1S/C15H13ClN2O4/c1-3-11(19)12-8(2)18(10-6-4-9(16)5-7-10)17-13(14(12)20)15(21)22/h4-7H,3H2,1-2H3,(H,21,22). The van der Waals surface area contributed by atoms with Crippen molar-refractivity contribution in [2.24, 2.45) is 0 Å². The Labute approximate surface area is 131 Å². The SMILES string of the molecule is CCC(=O)c1c(C)n(-c2ccc(Cl)cc2)nc(C(=O)O)c1=O. The molecule has 1 heterocycles. The van der Waals surface area contributed by atoms with Crippen LogP contribution in [0.4, 0.5) is 0 Å². The van der Waals surface area contributed by atoms with E-state index in [4.69, 9.17) is 16.7 Å². The van der Waals surface area contributed by atoms with Gasteiger partial charge in [-0.25, -0.2) is 9.48 Å². The molecule has 0 aliphatic rings. The Morgan fingerprint density at radius 2 is 1.86 bits per heavy atom. The lowest BCUT2D eigenvalue weighted by Crippen LogP contribution is -2.29. The van der Waals surface area contributed by atoms with E-state index in [2.05, 4.69) is 5.10 Å². The van der Waals surface area contributed by atoms with E-state index >= 15 is 0 Å². The molecule has 1 aromatic carbocycles. The molecule has 0 saturated heterocycles. The zero-order valence-electron chi connectivity index (χ0n) is 12.0. The lowest BCUT2D eigenvalue weighted by molar-refractivity contribution is 0.0686. The van der Waals surface area contributed by atoms with E-state index in [9.17, 15) is 14.4 Å². The van der Waals surface area contributed by atoms with Gasteiger partial charge in [-0.05, 0) is 31.2 Å². The Hall–Kier alpha value is -2.47. The third-order valence-electron chi connectivity index (χ3n) is 3.20. The van der Waals surface area contributed by atoms with Gasteiger partial charge in [-0.1, -0.05) is 18.5 Å². The summed E-state index contributed by atoms with van der Waals surface area (Å²) in [5, 5.41) is 13.5. The number of ketones is 1. The summed E-state index contributed by atoms with van der Waals surface area (Å²) < 4.78 is 1.27. The Balaban J connectivity index is 2.82. The van der Waals surface area contributed by atoms with Crippen LogP contribution in [0.25, 0.3) is 5.69 Å². The summed E-state index contributed by atoms with van der Waals surface area (Å²) in [7, 11) is 0. The molecular weight excluding hydrogens is 308 g/mol. The maximum atomic E-state index is 12.2. The maximum absolute atomic E-state index is 12.2. The molecule has 0 amide bonds. The highest BCUT2D eigenvalue weighted by molar-refractivity contribution is 6.30. The summed E-state index contributed by atoms with van der Waals surface area (Å²) in [4.78, 5) is 35.4. The minimum atomic E-state index is -1.47. The van der Waals surface area contributed by atoms with Crippen molar-refractivity contribution in [3.8, 4) is 5.69 Å². The number of hydrogen-bond donors (Lipinski definition) is 1. The van der Waals surface area contributed by atoms with Gasteiger partial charge in [0.2, 0.25) is 11.1 Å². The fourth-order valence-corrected chi connectivity index (χ4v) is 2.21. The molecule has 2 aromatic rings. The number of carboxylic acids is 1. The van der Waals surface area contributed by atoms with Gasteiger partial charge < -0.3 is 5.11 Å². The molecule has 0 radical (unpaired) electrons. The van der Waals surface area contributed by atoms with Crippen LogP contribution in [0.1, 0.15) is 39.9 Å². The number of hydrogen-bond acceptors (Lipinski definition) is 4. The first-order chi connectivity index (χ1) is 10.4. The Bertz CT molecular complexity index is 810. The maximum Gasteiger partial charge on any atom is 0.360 e. The third-order valence-corrected chi connectivity index (χ3v) is 3.45. The molecule has 7 heteroatoms. The Morgan fingerprint density at radius 1 is 1.27 bits per heavy atom. The Morgan fingerprint density at radius 3 is 2.36 bits per heavy atom. The topological polar surface area (TPSA) is 89.3 Å². The summed E-state index contributed by atoms with van der Waals surface area (Å²) in [5.74, 6) is -1.90. The Kier molecular flexibility index (Phi) is 4.42. The summed E-state index contributed by atoms with van der Waals surface area (Å²) in [5.41, 5.74) is -0.886. The first-order valence-corrected chi connectivity index (χ1v) is 6.91. The van der Waals surface area contributed by atoms with E-state index in [-0.39, 0.29) is 12.0 Å². The van der Waals surface area contributed by atoms with Gasteiger partial charge in [0.05, 0.1) is 16.9 Å². The molecule has 0 unspecified atom stereocenters. The van der Waals surface area contributed by atoms with E-state index in [1.54, 1.807) is 38.1 Å². The highest BCUT2D eigenvalue weighted by atomic mass is 35.5. The molecule has 22 heavy (non-hydrogen) atoms. The lowest BCUT2D eigenvalue weighted by Gasteiger charge is -2.13. The predicted molar refractivity (Wildman–Crippen MR) is 81.2 cm³/mol. The van der Waals surface area contributed by atoms with Gasteiger partial charge in [0.1, 0.15) is 0 Å². The largest absolute Gasteiger partial charge is 0.476 e. The molecule has 1 aromatic heterocycles. The first kappa shape index (κ1) is 15.9. The van der Waals surface area contributed by atoms with Crippen LogP contribution in [-0.2, 0) is 0 Å². The highest BCUT2D eigenvalue weighted by Gasteiger charge is 2.23. The second-order valence-electron chi connectivity index (χ2n) is 4.61. The number of benzene rings is 1. The van der Waals surface area contributed by atoms with Crippen molar-refractivity contribution in [2.75, 3.05) is 0 Å². The smallest absolute Gasteiger partial charge is 0.360 e. The number of nitrogens with zero attached hydrogens (tertiary/aromatic N) is 2. The van der Waals surface area contributed by atoms with Crippen molar-refractivity contribution >= 4 is 23.4 Å². The number of halogens is 1. The van der Waals surface area contributed by atoms with E-state index in [1.807, 2.05) is 0 Å². The van der Waals surface area contributed by atoms with Gasteiger partial charge in [-0.15, -0.1) is 0 Å². The van der Waals surface area contributed by atoms with Crippen LogP contribution in [0.2, 0.25) is 5.02 Å². The summed E-state index contributed by atoms with van der Waals surface area (Å²) in [6.07, 6.45) is 0.0970. The number of Topliss-reactive ketones (excluding diaryl/α,β-unsaturated/α-hetero) is 1. The predicted octanol–water partition coefficient (Wildman–Crippen LogP) is 2.49. The van der Waals surface area contributed by atoms with E-state index in [0.717, 1.165) is 0 Å². The number of carbonyl (C=O) groups excluding carboxylic acids is 1. The third kappa shape index (κ3) is 2.78. The molecule has 6 nitrogen and oxygen atoms in total. The molecule has 0 bridgehead atoms. The van der Waals surface area contributed by atoms with Gasteiger partial charge in [-0.2, -0.15) is 5.10 Å². The molecule has 2 rings (SSSR count). The van der Waals surface area contributed by atoms with Crippen molar-refractivity contribution in [3.05, 3.63) is 56.5 Å². The van der Waals surface area contributed by atoms with Crippen LogP contribution in [-0.4, -0.2) is 26.6 Å². The van der Waals surface area contributed by atoms with Crippen LogP contribution in [0.5, 0.6) is 0 Å². The van der Waals surface area contributed by atoms with Crippen LogP contribution < -0.4 is 5.43 Å². The number of carbonyl (C=O) groups is 2. The molecule has 0 atom stereocenters. The molecule has 0 spiro atoms. The summed E-state index contributed by atoms with van der Waals surface area (Å²) in [6, 6.07) is 6.47. The lowest BCUT2D eigenvalue weighted by atomic mass is 10.1. The quantitative estimate of drug-likeness (QED) is 0.874. The van der Waals surface area contributed by atoms with Crippen LogP contribution in [0.15, 0.2) is 29.1 Å². The highest BCUT2D eigenvalue weighted by Crippen LogP contribution is 2.16. The second kappa shape index (κ2) is 6.11. The zero-order valence-corrected chi connectivity index (χ0v) is 12.7. The van der Waals surface area contributed by atoms with Crippen molar-refractivity contribution in [1.29, 1.82) is 0 Å². The molecule has 1 N–H and O–H groups in total. The van der Waals surface area contributed by atoms with E-state index < -0.39 is 22.9 Å². The van der Waals surface area contributed by atoms with Crippen molar-refractivity contribution in [1.82, 2.24) is 9.78 Å². The number of aromatic nitrogens is 2. The van der Waals surface area contributed by atoms with Gasteiger partial charge in [0.25, 0.3) is 0 Å². The fraction of sp³-hybridized carbons (Fsp3) is 0.200. The van der Waals surface area contributed by atoms with Crippen molar-refractivity contribution < 1.29 is 14.7 Å². The van der Waals surface area contributed by atoms with Gasteiger partial charge in [0, 0.05) is 11.4 Å². The molecule has 0 aliphatic heterocycles. The first-order valence-electron chi connectivity index (χ1n) is 6.53. The molecular formula is C15H13ClN2O4. The number of aromatic carboxylic acids is 1. The molecule has 114 valence electrons. The van der Waals surface area contributed by atoms with E-state index in [0.29, 0.717) is 16.4 Å². The molecule has 0 fully saturated rings.